The van der Waals surface area contributed by atoms with Gasteiger partial charge < -0.3 is 0 Å². The first kappa shape index (κ1) is 14.2. The van der Waals surface area contributed by atoms with E-state index < -0.39 is 0 Å². The molecule has 1 amide bonds. The summed E-state index contributed by atoms with van der Waals surface area (Å²) in [6.45, 7) is 1.95. The Bertz CT molecular complexity index is 103. The van der Waals surface area contributed by atoms with Crippen LogP contribution < -0.4 is 9.97 Å². The smallest absolute Gasteiger partial charge is 0 e. The molecule has 6 heteroatoms. The van der Waals surface area contributed by atoms with E-state index in [2.05, 4.69) is 19.0 Å². The molecule has 0 saturated heterocycles. The van der Waals surface area contributed by atoms with Crippen LogP contribution in [-0.2, 0) is 37.5 Å². The minimum absolute atomic E-state index is 0. The van der Waals surface area contributed by atoms with E-state index in [0.29, 0.717) is 6.42 Å². The van der Waals surface area contributed by atoms with Gasteiger partial charge in [-0.1, -0.05) is 0 Å². The van der Waals surface area contributed by atoms with Gasteiger partial charge >= 0.3 is 68.8 Å². The average molecular weight is 340 g/mol. The van der Waals surface area contributed by atoms with E-state index in [0.717, 1.165) is 0 Å². The Morgan fingerprint density at radius 2 is 2.40 bits per heavy atom. The fourth-order valence-electron chi connectivity index (χ4n) is 0.446. The number of nitrogens with one attached hydrogen (secondary N) is 1. The third-order valence-electron chi connectivity index (χ3n) is 0.785. The van der Waals surface area contributed by atoms with Crippen molar-refractivity contribution >= 4 is 34.6 Å². The van der Waals surface area contributed by atoms with Crippen LogP contribution in [0, 0.1) is 0 Å². The molecule has 0 bridgehead atoms. The zero-order valence-corrected chi connectivity index (χ0v) is 12.3. The first-order valence-corrected chi connectivity index (χ1v) is 8.68. The summed E-state index contributed by atoms with van der Waals surface area (Å²) < 4.78 is 3.14. The Morgan fingerprint density at radius 3 is 2.70 bits per heavy atom. The molecule has 10 heavy (non-hydrogen) atoms. The van der Waals surface area contributed by atoms with Crippen LogP contribution in [-0.4, -0.2) is 40.6 Å². The molecule has 4 radical (unpaired) electrons. The Balaban J connectivity index is 0. The molecule has 3 N–H and O–H groups in total. The summed E-state index contributed by atoms with van der Waals surface area (Å²) in [5, 5.41) is 0. The van der Waals surface area contributed by atoms with E-state index in [4.69, 9.17) is 5.73 Å². The molecule has 1 unspecified atom stereocenters. The molecule has 0 aliphatic rings. The van der Waals surface area contributed by atoms with Gasteiger partial charge in [0.2, 0.25) is 0 Å². The van der Waals surface area contributed by atoms with Gasteiger partial charge in [0, 0.05) is 32.7 Å². The third kappa shape index (κ3) is 9.65. The van der Waals surface area contributed by atoms with E-state index in [9.17, 15) is 4.79 Å². The number of nitrogens with two attached hydrogens (primary N) is 1. The number of hydrogen-bond donors (Lipinski definition) is 2. The minimum Gasteiger partial charge on any atom is 0 e. The molecule has 0 spiro atoms. The van der Waals surface area contributed by atoms with E-state index >= 15 is 0 Å². The molecule has 1 atom stereocenters. The summed E-state index contributed by atoms with van der Waals surface area (Å²) in [5.41, 5.74) is 4.95. The molecule has 0 saturated carbocycles. The molecule has 3 nitrogen and oxygen atoms in total. The van der Waals surface area contributed by atoms with E-state index in [1.165, 1.54) is 0 Å². The number of carbonyl (C=O) groups is 1. The molecule has 0 aliphatic carbocycles. The summed E-state index contributed by atoms with van der Waals surface area (Å²) in [4.78, 5) is 10.3. The number of rotatable bonds is 4. The van der Waals surface area contributed by atoms with Crippen molar-refractivity contribution in [2.75, 3.05) is 0 Å². The second-order valence-electron chi connectivity index (χ2n) is 1.80. The normalized spacial score (nSPS) is 13.0. The van der Waals surface area contributed by atoms with Crippen LogP contribution >= 0.6 is 0 Å². The maximum Gasteiger partial charge on any atom is 0 e. The maximum absolute atomic E-state index is 10.3. The summed E-state index contributed by atoms with van der Waals surface area (Å²) in [5.74, 6) is -0.239. The van der Waals surface area contributed by atoms with Gasteiger partial charge in [0.1, 0.15) is 0 Å². The predicted octanol–water partition coefficient (Wildman–Crippen LogP) is -1.46. The molecule has 0 aliphatic heterocycles. The standard InChI is InChI=1S/C4H9As2N2O.Y/c1-3(8-6-5)2-4(7)9;/h3,8H,2H2,1H3,(H2,7,9);. The van der Waals surface area contributed by atoms with Gasteiger partial charge in [-0.2, -0.15) is 0 Å². The van der Waals surface area contributed by atoms with Crippen molar-refractivity contribution in [1.82, 2.24) is 4.23 Å². The third-order valence-corrected chi connectivity index (χ3v) is 3.21. The van der Waals surface area contributed by atoms with Crippen LogP contribution in [0.5, 0.6) is 0 Å². The Kier molecular flexibility index (Phi) is 12.4. The fraction of sp³-hybridized carbons (Fsp3) is 0.750. The van der Waals surface area contributed by atoms with Crippen LogP contribution in [0.4, 0.5) is 0 Å². The molecule has 0 fully saturated rings. The van der Waals surface area contributed by atoms with Crippen molar-refractivity contribution in [3.63, 3.8) is 0 Å². The van der Waals surface area contributed by atoms with Gasteiger partial charge in [-0.15, -0.1) is 0 Å². The summed E-state index contributed by atoms with van der Waals surface area (Å²) in [6, 6.07) is 0.241. The van der Waals surface area contributed by atoms with Crippen molar-refractivity contribution in [3.8, 4) is 0 Å². The number of hydrogen-bond acceptors (Lipinski definition) is 2. The van der Waals surface area contributed by atoms with Gasteiger partial charge in [0.05, 0.1) is 0 Å². The quantitative estimate of drug-likeness (QED) is 0.615. The van der Waals surface area contributed by atoms with E-state index in [1.54, 1.807) is 0 Å². The molecule has 0 heterocycles. The largest absolute Gasteiger partial charge is 0 e. The molecule has 0 rings (SSSR count). The zero-order chi connectivity index (χ0) is 7.28. The summed E-state index contributed by atoms with van der Waals surface area (Å²) in [7, 11) is 0. The monoisotopic (exact) mass is 340 g/mol. The molecular formula is C4H9As2N2OY. The number of primary amides is 1. The van der Waals surface area contributed by atoms with Crippen molar-refractivity contribution in [2.24, 2.45) is 5.73 Å². The van der Waals surface area contributed by atoms with Gasteiger partial charge in [0.25, 0.3) is 0 Å². The predicted molar refractivity (Wildman–Crippen MR) is 37.9 cm³/mol. The van der Waals surface area contributed by atoms with E-state index in [1.807, 2.05) is 6.92 Å². The van der Waals surface area contributed by atoms with Crippen molar-refractivity contribution < 1.29 is 37.5 Å². The van der Waals surface area contributed by atoms with Crippen LogP contribution in [0.25, 0.3) is 0 Å². The van der Waals surface area contributed by atoms with Crippen LogP contribution in [0.1, 0.15) is 13.3 Å². The fourth-order valence-corrected chi connectivity index (χ4v) is 3.20. The van der Waals surface area contributed by atoms with Gasteiger partial charge in [-0.05, 0) is 0 Å². The maximum atomic E-state index is 10.3. The second-order valence-corrected chi connectivity index (χ2v) is 4.94. The second kappa shape index (κ2) is 8.74. The molecule has 54 valence electrons. The molecule has 0 aromatic heterocycles. The van der Waals surface area contributed by atoms with Gasteiger partial charge in [-0.3, -0.25) is 0 Å². The summed E-state index contributed by atoms with van der Waals surface area (Å²) in [6.07, 6.45) is 0.438. The molecular weight excluding hydrogens is 331 g/mol. The SMILES string of the molecule is CC(CC(N)=O)N[As][As].[Y]. The van der Waals surface area contributed by atoms with E-state index in [-0.39, 0.29) is 58.6 Å². The Morgan fingerprint density at radius 1 is 1.90 bits per heavy atom. The molecule has 0 aromatic rings. The van der Waals surface area contributed by atoms with Gasteiger partial charge in [-0.25, -0.2) is 0 Å². The van der Waals surface area contributed by atoms with Crippen LogP contribution in [0.3, 0.4) is 0 Å². The first-order chi connectivity index (χ1) is 4.16. The first-order valence-electron chi connectivity index (χ1n) is 2.54. The molecule has 0 aromatic carbocycles. The number of carbonyl (C=O) groups excluding carboxylic acids is 1. The minimum atomic E-state index is -0.239. The summed E-state index contributed by atoms with van der Waals surface area (Å²) >= 11 is 2.62. The topological polar surface area (TPSA) is 55.1 Å². The van der Waals surface area contributed by atoms with Gasteiger partial charge in [0.15, 0.2) is 0 Å². The van der Waals surface area contributed by atoms with Crippen molar-refractivity contribution in [1.29, 1.82) is 0 Å². The van der Waals surface area contributed by atoms with Crippen molar-refractivity contribution in [3.05, 3.63) is 0 Å². The Hall–Kier alpha value is 1.65. The van der Waals surface area contributed by atoms with Crippen molar-refractivity contribution in [2.45, 2.75) is 19.4 Å². The van der Waals surface area contributed by atoms with Crippen LogP contribution in [0.2, 0.25) is 0 Å². The zero-order valence-electron chi connectivity index (χ0n) is 5.74. The van der Waals surface area contributed by atoms with Crippen LogP contribution in [0.15, 0.2) is 0 Å². The number of amides is 1. The average Bonchev–Trinajstić information content (AvgIpc) is 1.63. The Labute approximate surface area is 100 Å².